The van der Waals surface area contributed by atoms with E-state index in [1.165, 1.54) is 6.07 Å². The van der Waals surface area contributed by atoms with E-state index in [0.29, 0.717) is 23.3 Å². The number of para-hydroxylation sites is 1. The number of fused-ring (bicyclic) bond motifs is 1. The molecule has 1 saturated heterocycles. The predicted molar refractivity (Wildman–Crippen MR) is 101 cm³/mol. The first-order valence-electron chi connectivity index (χ1n) is 9.10. The molecule has 1 aliphatic rings. The molecule has 0 radical (unpaired) electrons. The smallest absolute Gasteiger partial charge is 0.259 e. The summed E-state index contributed by atoms with van der Waals surface area (Å²) in [5.41, 5.74) is 2.12. The van der Waals surface area contributed by atoms with Crippen LogP contribution in [0.25, 0.3) is 22.3 Å². The molecule has 0 amide bonds. The van der Waals surface area contributed by atoms with Crippen LogP contribution in [0.4, 0.5) is 4.39 Å². The van der Waals surface area contributed by atoms with Crippen LogP contribution in [0, 0.1) is 11.7 Å². The molecular weight excluding hydrogens is 329 g/mol. The number of aromatic nitrogens is 2. The van der Waals surface area contributed by atoms with Gasteiger partial charge in [-0.05, 0) is 67.7 Å². The summed E-state index contributed by atoms with van der Waals surface area (Å²) in [6, 6.07) is 12.0. The Hall–Kier alpha value is -2.53. The van der Waals surface area contributed by atoms with Crippen LogP contribution in [0.3, 0.4) is 0 Å². The van der Waals surface area contributed by atoms with Gasteiger partial charge in [0.2, 0.25) is 0 Å². The summed E-state index contributed by atoms with van der Waals surface area (Å²) in [5, 5.41) is 0.560. The number of halogens is 1. The highest BCUT2D eigenvalue weighted by Crippen LogP contribution is 2.25. The molecule has 1 fully saturated rings. The summed E-state index contributed by atoms with van der Waals surface area (Å²) < 4.78 is 13.9. The van der Waals surface area contributed by atoms with Gasteiger partial charge in [0, 0.05) is 12.1 Å². The monoisotopic (exact) mass is 351 g/mol. The Bertz CT molecular complexity index is 990. The molecule has 2 heterocycles. The lowest BCUT2D eigenvalue weighted by Crippen LogP contribution is -2.32. The third-order valence-corrected chi connectivity index (χ3v) is 5.21. The number of nitrogens with one attached hydrogen (secondary N) is 1. The number of benzene rings is 2. The number of nitrogens with zero attached hydrogens (tertiary/aromatic N) is 2. The van der Waals surface area contributed by atoms with Crippen molar-refractivity contribution < 1.29 is 4.39 Å². The van der Waals surface area contributed by atoms with Gasteiger partial charge in [0.25, 0.3) is 5.56 Å². The molecule has 3 aromatic rings. The Balaban J connectivity index is 1.74. The van der Waals surface area contributed by atoms with Crippen molar-refractivity contribution in [3.63, 3.8) is 0 Å². The van der Waals surface area contributed by atoms with E-state index in [-0.39, 0.29) is 11.4 Å². The van der Waals surface area contributed by atoms with Gasteiger partial charge in [0.1, 0.15) is 11.6 Å². The highest BCUT2D eigenvalue weighted by Gasteiger charge is 2.18. The average Bonchev–Trinajstić information content (AvgIpc) is 2.64. The number of H-pyrrole nitrogens is 1. The molecule has 1 N–H and O–H groups in total. The average molecular weight is 351 g/mol. The van der Waals surface area contributed by atoms with E-state index in [9.17, 15) is 9.18 Å². The molecular formula is C21H22FN3O. The van der Waals surface area contributed by atoms with E-state index < -0.39 is 0 Å². The second kappa shape index (κ2) is 7.00. The SMILES string of the molecule is CC1CCN(Cc2cc(F)ccc2-c2nc3ccccc3c(=O)[nH]2)CC1. The maximum absolute atomic E-state index is 13.9. The third-order valence-electron chi connectivity index (χ3n) is 5.21. The first-order valence-corrected chi connectivity index (χ1v) is 9.10. The van der Waals surface area contributed by atoms with Gasteiger partial charge in [-0.1, -0.05) is 19.1 Å². The number of piperidine rings is 1. The number of rotatable bonds is 3. The first-order chi connectivity index (χ1) is 12.6. The molecule has 0 aliphatic carbocycles. The molecule has 0 unspecified atom stereocenters. The van der Waals surface area contributed by atoms with Gasteiger partial charge in [0.05, 0.1) is 10.9 Å². The zero-order chi connectivity index (χ0) is 18.1. The second-order valence-corrected chi connectivity index (χ2v) is 7.19. The van der Waals surface area contributed by atoms with Crippen molar-refractivity contribution in [2.45, 2.75) is 26.3 Å². The molecule has 0 saturated carbocycles. The molecule has 0 spiro atoms. The summed E-state index contributed by atoms with van der Waals surface area (Å²) in [6.07, 6.45) is 2.32. The number of likely N-dealkylation sites (tertiary alicyclic amines) is 1. The van der Waals surface area contributed by atoms with Crippen molar-refractivity contribution in [1.82, 2.24) is 14.9 Å². The Labute approximate surface area is 151 Å². The molecule has 0 atom stereocenters. The number of hydrogen-bond donors (Lipinski definition) is 1. The molecule has 5 heteroatoms. The minimum atomic E-state index is -0.266. The van der Waals surface area contributed by atoms with E-state index in [2.05, 4.69) is 21.8 Å². The van der Waals surface area contributed by atoms with Gasteiger partial charge in [-0.2, -0.15) is 0 Å². The molecule has 26 heavy (non-hydrogen) atoms. The third kappa shape index (κ3) is 3.40. The molecule has 1 aliphatic heterocycles. The fourth-order valence-corrected chi connectivity index (χ4v) is 3.60. The van der Waals surface area contributed by atoms with Crippen LogP contribution in [-0.2, 0) is 6.54 Å². The predicted octanol–water partition coefficient (Wildman–Crippen LogP) is 3.96. The molecule has 1 aromatic heterocycles. The maximum Gasteiger partial charge on any atom is 0.259 e. The summed E-state index contributed by atoms with van der Waals surface area (Å²) in [6.45, 7) is 4.96. The normalized spacial score (nSPS) is 16.2. The van der Waals surface area contributed by atoms with Crippen molar-refractivity contribution in [2.75, 3.05) is 13.1 Å². The van der Waals surface area contributed by atoms with E-state index in [0.717, 1.165) is 43.0 Å². The maximum atomic E-state index is 13.9. The lowest BCUT2D eigenvalue weighted by Gasteiger charge is -2.30. The minimum absolute atomic E-state index is 0.173. The molecule has 4 rings (SSSR count). The van der Waals surface area contributed by atoms with Gasteiger partial charge in [-0.3, -0.25) is 9.69 Å². The zero-order valence-electron chi connectivity index (χ0n) is 14.8. The van der Waals surface area contributed by atoms with E-state index in [1.807, 2.05) is 18.2 Å². The van der Waals surface area contributed by atoms with Gasteiger partial charge in [-0.15, -0.1) is 0 Å². The summed E-state index contributed by atoms with van der Waals surface area (Å²) in [4.78, 5) is 22.2. The fraction of sp³-hybridized carbons (Fsp3) is 0.333. The minimum Gasteiger partial charge on any atom is -0.306 e. The van der Waals surface area contributed by atoms with Gasteiger partial charge < -0.3 is 4.98 Å². The largest absolute Gasteiger partial charge is 0.306 e. The van der Waals surface area contributed by atoms with E-state index in [4.69, 9.17) is 0 Å². The van der Waals surface area contributed by atoms with Crippen LogP contribution in [-0.4, -0.2) is 28.0 Å². The van der Waals surface area contributed by atoms with Gasteiger partial charge >= 0.3 is 0 Å². The van der Waals surface area contributed by atoms with E-state index in [1.54, 1.807) is 18.2 Å². The van der Waals surface area contributed by atoms with Crippen molar-refractivity contribution in [2.24, 2.45) is 5.92 Å². The lowest BCUT2D eigenvalue weighted by atomic mass is 9.98. The molecule has 134 valence electrons. The Morgan fingerprint density at radius 3 is 2.77 bits per heavy atom. The Morgan fingerprint density at radius 1 is 1.19 bits per heavy atom. The zero-order valence-corrected chi connectivity index (χ0v) is 14.8. The van der Waals surface area contributed by atoms with Crippen LogP contribution in [0.1, 0.15) is 25.3 Å². The van der Waals surface area contributed by atoms with Crippen LogP contribution >= 0.6 is 0 Å². The highest BCUT2D eigenvalue weighted by molar-refractivity contribution is 5.79. The highest BCUT2D eigenvalue weighted by atomic mass is 19.1. The van der Waals surface area contributed by atoms with Crippen molar-refractivity contribution in [1.29, 1.82) is 0 Å². The topological polar surface area (TPSA) is 49.0 Å². The van der Waals surface area contributed by atoms with E-state index >= 15 is 0 Å². The summed E-state index contributed by atoms with van der Waals surface area (Å²) in [7, 11) is 0. The number of hydrogen-bond acceptors (Lipinski definition) is 3. The quantitative estimate of drug-likeness (QED) is 0.777. The molecule has 4 nitrogen and oxygen atoms in total. The lowest BCUT2D eigenvalue weighted by molar-refractivity contribution is 0.185. The second-order valence-electron chi connectivity index (χ2n) is 7.19. The molecule has 2 aromatic carbocycles. The summed E-state index contributed by atoms with van der Waals surface area (Å²) >= 11 is 0. The standard InChI is InChI=1S/C21H22FN3O/c1-14-8-10-25(11-9-14)13-15-12-16(22)6-7-17(15)20-23-19-5-3-2-4-18(19)21(26)24-20/h2-7,12,14H,8-11,13H2,1H3,(H,23,24,26). The van der Waals surface area contributed by atoms with Gasteiger partial charge in [0.15, 0.2) is 0 Å². The molecule has 0 bridgehead atoms. The fourth-order valence-electron chi connectivity index (χ4n) is 3.60. The Morgan fingerprint density at radius 2 is 1.96 bits per heavy atom. The number of aromatic amines is 1. The van der Waals surface area contributed by atoms with Crippen molar-refractivity contribution >= 4 is 10.9 Å². The van der Waals surface area contributed by atoms with Crippen LogP contribution in [0.15, 0.2) is 47.3 Å². The van der Waals surface area contributed by atoms with Crippen LogP contribution in [0.2, 0.25) is 0 Å². The Kier molecular flexibility index (Phi) is 4.55. The van der Waals surface area contributed by atoms with Crippen molar-refractivity contribution in [3.8, 4) is 11.4 Å². The first kappa shape index (κ1) is 16.9. The van der Waals surface area contributed by atoms with Gasteiger partial charge in [-0.25, -0.2) is 9.37 Å². The van der Waals surface area contributed by atoms with Crippen LogP contribution in [0.5, 0.6) is 0 Å². The van der Waals surface area contributed by atoms with Crippen LogP contribution < -0.4 is 5.56 Å². The summed E-state index contributed by atoms with van der Waals surface area (Å²) in [5.74, 6) is 0.975. The van der Waals surface area contributed by atoms with Crippen molar-refractivity contribution in [3.05, 3.63) is 64.2 Å².